The van der Waals surface area contributed by atoms with Crippen molar-refractivity contribution in [2.45, 2.75) is 19.0 Å². The summed E-state index contributed by atoms with van der Waals surface area (Å²) in [4.78, 5) is 12.1. The standard InChI is InChI=1S/C18H21FN2O3/c1-24-17-8-7-13(11-15(17)19)12-20-18(23)21-16(9-10-22)14-5-3-2-4-6-14/h2-8,11,16,22H,9-10,12H2,1H3,(H2,20,21,23)/t16-/m1/s1. The maximum Gasteiger partial charge on any atom is 0.315 e. The van der Waals surface area contributed by atoms with Crippen LogP contribution in [-0.4, -0.2) is 24.9 Å². The second-order valence-electron chi connectivity index (χ2n) is 5.27. The summed E-state index contributed by atoms with van der Waals surface area (Å²) >= 11 is 0. The van der Waals surface area contributed by atoms with E-state index in [0.717, 1.165) is 5.56 Å². The number of amides is 2. The summed E-state index contributed by atoms with van der Waals surface area (Å²) in [6, 6.07) is 13.3. The molecule has 0 spiro atoms. The number of aliphatic hydroxyl groups is 1. The lowest BCUT2D eigenvalue weighted by Crippen LogP contribution is -2.38. The lowest BCUT2D eigenvalue weighted by Gasteiger charge is -2.18. The zero-order valence-corrected chi connectivity index (χ0v) is 13.5. The Balaban J connectivity index is 1.92. The summed E-state index contributed by atoms with van der Waals surface area (Å²) in [5.41, 5.74) is 1.54. The minimum atomic E-state index is -0.473. The average Bonchev–Trinajstić information content (AvgIpc) is 2.60. The summed E-state index contributed by atoms with van der Waals surface area (Å²) in [6.07, 6.45) is 0.411. The van der Waals surface area contributed by atoms with Gasteiger partial charge in [0.2, 0.25) is 0 Å². The molecule has 1 atom stereocenters. The first-order chi connectivity index (χ1) is 11.6. The van der Waals surface area contributed by atoms with Gasteiger partial charge in [-0.1, -0.05) is 36.4 Å². The Morgan fingerprint density at radius 2 is 2.00 bits per heavy atom. The Morgan fingerprint density at radius 3 is 2.62 bits per heavy atom. The quantitative estimate of drug-likeness (QED) is 0.730. The number of carbonyl (C=O) groups is 1. The number of halogens is 1. The van der Waals surface area contributed by atoms with Crippen LogP contribution in [0.5, 0.6) is 5.75 Å². The number of hydrogen-bond donors (Lipinski definition) is 3. The SMILES string of the molecule is COc1ccc(CNC(=O)N[C@H](CCO)c2ccccc2)cc1F. The van der Waals surface area contributed by atoms with Crippen molar-refractivity contribution in [2.75, 3.05) is 13.7 Å². The Kier molecular flexibility index (Phi) is 6.57. The second-order valence-corrected chi connectivity index (χ2v) is 5.27. The summed E-state index contributed by atoms with van der Waals surface area (Å²) in [5, 5.41) is 14.7. The molecule has 0 heterocycles. The van der Waals surface area contributed by atoms with Crippen LogP contribution in [0.15, 0.2) is 48.5 Å². The summed E-state index contributed by atoms with van der Waals surface area (Å²) in [7, 11) is 1.40. The largest absolute Gasteiger partial charge is 0.494 e. The van der Waals surface area contributed by atoms with Gasteiger partial charge in [-0.25, -0.2) is 9.18 Å². The van der Waals surface area contributed by atoms with Crippen LogP contribution >= 0.6 is 0 Å². The number of urea groups is 1. The molecule has 0 saturated heterocycles. The third kappa shape index (κ3) is 4.96. The van der Waals surface area contributed by atoms with Gasteiger partial charge in [0.05, 0.1) is 13.2 Å². The number of hydrogen-bond acceptors (Lipinski definition) is 3. The number of methoxy groups -OCH3 is 1. The maximum absolute atomic E-state index is 13.6. The molecule has 0 saturated carbocycles. The fourth-order valence-corrected chi connectivity index (χ4v) is 2.35. The Hall–Kier alpha value is -2.60. The Morgan fingerprint density at radius 1 is 1.25 bits per heavy atom. The third-order valence-electron chi connectivity index (χ3n) is 3.59. The summed E-state index contributed by atoms with van der Waals surface area (Å²) in [5.74, 6) is -0.310. The highest BCUT2D eigenvalue weighted by Crippen LogP contribution is 2.18. The van der Waals surface area contributed by atoms with Crippen molar-refractivity contribution in [1.82, 2.24) is 10.6 Å². The number of rotatable bonds is 7. The number of nitrogens with one attached hydrogen (secondary N) is 2. The number of ether oxygens (including phenoxy) is 1. The van der Waals surface area contributed by atoms with Crippen LogP contribution in [0.3, 0.4) is 0 Å². The van der Waals surface area contributed by atoms with Crippen molar-refractivity contribution in [2.24, 2.45) is 0 Å². The molecule has 128 valence electrons. The van der Waals surface area contributed by atoms with Crippen molar-refractivity contribution in [3.63, 3.8) is 0 Å². The van der Waals surface area contributed by atoms with Crippen LogP contribution in [0.2, 0.25) is 0 Å². The Bertz CT molecular complexity index is 665. The molecular weight excluding hydrogens is 311 g/mol. The molecule has 3 N–H and O–H groups in total. The minimum Gasteiger partial charge on any atom is -0.494 e. The van der Waals surface area contributed by atoms with Crippen molar-refractivity contribution < 1.29 is 19.0 Å². The van der Waals surface area contributed by atoms with Gasteiger partial charge in [-0.3, -0.25) is 0 Å². The van der Waals surface area contributed by atoms with Crippen LogP contribution in [0, 0.1) is 5.82 Å². The van der Waals surface area contributed by atoms with Crippen molar-refractivity contribution >= 4 is 6.03 Å². The fourth-order valence-electron chi connectivity index (χ4n) is 2.35. The van der Waals surface area contributed by atoms with Crippen LogP contribution in [-0.2, 0) is 6.54 Å². The van der Waals surface area contributed by atoms with E-state index >= 15 is 0 Å². The van der Waals surface area contributed by atoms with E-state index in [0.29, 0.717) is 12.0 Å². The molecule has 2 aromatic carbocycles. The predicted octanol–water partition coefficient (Wildman–Crippen LogP) is 2.76. The summed E-state index contributed by atoms with van der Waals surface area (Å²) < 4.78 is 18.5. The van der Waals surface area contributed by atoms with Gasteiger partial charge in [0, 0.05) is 13.2 Å². The highest BCUT2D eigenvalue weighted by atomic mass is 19.1. The molecule has 0 aliphatic rings. The molecule has 0 radical (unpaired) electrons. The van der Waals surface area contributed by atoms with Gasteiger partial charge in [0.25, 0.3) is 0 Å². The number of aliphatic hydroxyl groups excluding tert-OH is 1. The zero-order valence-electron chi connectivity index (χ0n) is 13.5. The van der Waals surface area contributed by atoms with E-state index in [2.05, 4.69) is 10.6 Å². The Labute approximate surface area is 140 Å². The highest BCUT2D eigenvalue weighted by Gasteiger charge is 2.13. The smallest absolute Gasteiger partial charge is 0.315 e. The predicted molar refractivity (Wildman–Crippen MR) is 89.2 cm³/mol. The van der Waals surface area contributed by atoms with E-state index in [9.17, 15) is 14.3 Å². The van der Waals surface area contributed by atoms with Crippen LogP contribution in [0.1, 0.15) is 23.6 Å². The van der Waals surface area contributed by atoms with Crippen LogP contribution < -0.4 is 15.4 Å². The average molecular weight is 332 g/mol. The third-order valence-corrected chi connectivity index (χ3v) is 3.59. The molecule has 2 rings (SSSR count). The molecule has 2 aromatic rings. The fraction of sp³-hybridized carbons (Fsp3) is 0.278. The molecule has 6 heteroatoms. The van der Waals surface area contributed by atoms with Crippen LogP contribution in [0.25, 0.3) is 0 Å². The van der Waals surface area contributed by atoms with E-state index in [-0.39, 0.29) is 31.0 Å². The molecule has 0 bridgehead atoms. The molecule has 5 nitrogen and oxygen atoms in total. The van der Waals surface area contributed by atoms with E-state index in [1.165, 1.54) is 19.2 Å². The summed E-state index contributed by atoms with van der Waals surface area (Å²) in [6.45, 7) is 0.150. The van der Waals surface area contributed by atoms with Gasteiger partial charge >= 0.3 is 6.03 Å². The molecule has 0 aliphatic carbocycles. The maximum atomic E-state index is 13.6. The first kappa shape index (κ1) is 17.7. The molecule has 0 aliphatic heterocycles. The van der Waals surface area contributed by atoms with Gasteiger partial charge in [-0.2, -0.15) is 0 Å². The van der Waals surface area contributed by atoms with Gasteiger partial charge in [-0.15, -0.1) is 0 Å². The number of benzene rings is 2. The molecule has 2 amide bonds. The van der Waals surface area contributed by atoms with Gasteiger partial charge < -0.3 is 20.5 Å². The number of carbonyl (C=O) groups excluding carboxylic acids is 1. The van der Waals surface area contributed by atoms with Crippen molar-refractivity contribution in [3.8, 4) is 5.75 Å². The van der Waals surface area contributed by atoms with Crippen molar-refractivity contribution in [1.29, 1.82) is 0 Å². The van der Waals surface area contributed by atoms with E-state index in [1.807, 2.05) is 30.3 Å². The normalized spacial score (nSPS) is 11.6. The first-order valence-corrected chi connectivity index (χ1v) is 7.66. The topological polar surface area (TPSA) is 70.6 Å². The molecular formula is C18H21FN2O3. The van der Waals surface area contributed by atoms with Crippen molar-refractivity contribution in [3.05, 3.63) is 65.5 Å². The monoisotopic (exact) mass is 332 g/mol. The molecule has 0 unspecified atom stereocenters. The van der Waals surface area contributed by atoms with Gasteiger partial charge in [0.15, 0.2) is 11.6 Å². The van der Waals surface area contributed by atoms with E-state index in [1.54, 1.807) is 6.07 Å². The first-order valence-electron chi connectivity index (χ1n) is 7.66. The van der Waals surface area contributed by atoms with E-state index < -0.39 is 5.82 Å². The lowest BCUT2D eigenvalue weighted by atomic mass is 10.0. The van der Waals surface area contributed by atoms with Crippen LogP contribution in [0.4, 0.5) is 9.18 Å². The molecule has 0 aromatic heterocycles. The zero-order chi connectivity index (χ0) is 17.4. The van der Waals surface area contributed by atoms with Gasteiger partial charge in [0.1, 0.15) is 0 Å². The molecule has 0 fully saturated rings. The highest BCUT2D eigenvalue weighted by molar-refractivity contribution is 5.74. The minimum absolute atomic E-state index is 0.0382. The second kappa shape index (κ2) is 8.88. The molecule has 24 heavy (non-hydrogen) atoms. The van der Waals surface area contributed by atoms with E-state index in [4.69, 9.17) is 4.74 Å². The lowest BCUT2D eigenvalue weighted by molar-refractivity contribution is 0.229. The van der Waals surface area contributed by atoms with Gasteiger partial charge in [-0.05, 0) is 29.7 Å².